The van der Waals surface area contributed by atoms with E-state index < -0.39 is 16.1 Å². The summed E-state index contributed by atoms with van der Waals surface area (Å²) in [5, 5.41) is 8.84. The van der Waals surface area contributed by atoms with Crippen LogP contribution in [0.3, 0.4) is 0 Å². The van der Waals surface area contributed by atoms with Crippen LogP contribution >= 0.6 is 15.9 Å². The molecule has 1 aliphatic heterocycles. The van der Waals surface area contributed by atoms with Gasteiger partial charge in [0.05, 0.1) is 24.1 Å². The topological polar surface area (TPSA) is 70.4 Å². The molecule has 1 unspecified atom stereocenters. The van der Waals surface area contributed by atoms with Crippen LogP contribution in [-0.4, -0.2) is 38.5 Å². The van der Waals surface area contributed by atoms with Crippen molar-refractivity contribution in [2.45, 2.75) is 17.9 Å². The van der Waals surface area contributed by atoms with E-state index in [9.17, 15) is 8.42 Å². The quantitative estimate of drug-likeness (QED) is 0.818. The minimum atomic E-state index is -3.59. The first-order valence-electron chi connectivity index (χ1n) is 5.72. The van der Waals surface area contributed by atoms with Crippen LogP contribution in [0.1, 0.15) is 5.56 Å². The number of nitriles is 1. The normalized spacial score (nSPS) is 21.0. The molecule has 2 rings (SSSR count). The Morgan fingerprint density at radius 2 is 2.26 bits per heavy atom. The summed E-state index contributed by atoms with van der Waals surface area (Å²) in [6.07, 6.45) is -0.698. The molecule has 1 atom stereocenters. The molecule has 0 amide bonds. The molecule has 1 aromatic rings. The molecule has 0 aliphatic carbocycles. The van der Waals surface area contributed by atoms with Gasteiger partial charge in [-0.1, -0.05) is 22.0 Å². The molecule has 5 nitrogen and oxygen atoms in total. The first-order chi connectivity index (χ1) is 8.95. The average Bonchev–Trinajstić information content (AvgIpc) is 2.41. The molecule has 1 aromatic carbocycles. The van der Waals surface area contributed by atoms with E-state index in [0.717, 1.165) is 0 Å². The number of rotatable bonds is 2. The van der Waals surface area contributed by atoms with Crippen LogP contribution in [-0.2, 0) is 14.8 Å². The molecule has 1 saturated heterocycles. The van der Waals surface area contributed by atoms with Gasteiger partial charge >= 0.3 is 0 Å². The highest BCUT2D eigenvalue weighted by Crippen LogP contribution is 2.25. The van der Waals surface area contributed by atoms with Gasteiger partial charge in [0.2, 0.25) is 10.0 Å². The third kappa shape index (κ3) is 2.98. The fourth-order valence-corrected chi connectivity index (χ4v) is 4.10. The lowest BCUT2D eigenvalue weighted by Crippen LogP contribution is -2.45. The highest BCUT2D eigenvalue weighted by Gasteiger charge is 2.31. The van der Waals surface area contributed by atoms with E-state index in [1.807, 2.05) is 6.07 Å². The van der Waals surface area contributed by atoms with Crippen molar-refractivity contribution in [2.75, 3.05) is 19.7 Å². The molecule has 1 fully saturated rings. The second kappa shape index (κ2) is 5.59. The number of morpholine rings is 1. The zero-order valence-corrected chi connectivity index (χ0v) is 12.7. The standard InChI is InChI=1S/C12H13BrN2O3S/c1-9-2-3-10(13)6-12(9)19(16,17)15-4-5-18-11(7-14)8-15/h2-3,6,11H,4-5,8H2,1H3. The Morgan fingerprint density at radius 1 is 1.53 bits per heavy atom. The summed E-state index contributed by atoms with van der Waals surface area (Å²) in [5.74, 6) is 0. The Hall–Kier alpha value is -0.940. The summed E-state index contributed by atoms with van der Waals surface area (Å²) in [6.45, 7) is 2.34. The van der Waals surface area contributed by atoms with Crippen LogP contribution < -0.4 is 0 Å². The molecule has 0 bridgehead atoms. The molecular formula is C12H13BrN2O3S. The van der Waals surface area contributed by atoms with Gasteiger partial charge in [0.15, 0.2) is 6.10 Å². The SMILES string of the molecule is Cc1ccc(Br)cc1S(=O)(=O)N1CCOC(C#N)C1. The van der Waals surface area contributed by atoms with Gasteiger partial charge in [0.1, 0.15) is 0 Å². The molecular weight excluding hydrogens is 332 g/mol. The van der Waals surface area contributed by atoms with Crippen molar-refractivity contribution in [1.29, 1.82) is 5.26 Å². The summed E-state index contributed by atoms with van der Waals surface area (Å²) < 4.78 is 32.3. The fraction of sp³-hybridized carbons (Fsp3) is 0.417. The van der Waals surface area contributed by atoms with Gasteiger partial charge in [-0.3, -0.25) is 0 Å². The van der Waals surface area contributed by atoms with E-state index in [1.165, 1.54) is 4.31 Å². The van der Waals surface area contributed by atoms with Crippen molar-refractivity contribution in [1.82, 2.24) is 4.31 Å². The van der Waals surface area contributed by atoms with Crippen molar-refractivity contribution in [3.63, 3.8) is 0 Å². The van der Waals surface area contributed by atoms with E-state index in [0.29, 0.717) is 10.0 Å². The van der Waals surface area contributed by atoms with E-state index in [4.69, 9.17) is 10.00 Å². The van der Waals surface area contributed by atoms with Crippen LogP contribution in [0.4, 0.5) is 0 Å². The lowest BCUT2D eigenvalue weighted by molar-refractivity contribution is 0.0311. The largest absolute Gasteiger partial charge is 0.361 e. The van der Waals surface area contributed by atoms with E-state index >= 15 is 0 Å². The maximum atomic E-state index is 12.6. The van der Waals surface area contributed by atoms with E-state index in [-0.39, 0.29) is 24.6 Å². The molecule has 0 spiro atoms. The van der Waals surface area contributed by atoms with Crippen LogP contribution in [0.25, 0.3) is 0 Å². The lowest BCUT2D eigenvalue weighted by Gasteiger charge is -2.29. The third-order valence-corrected chi connectivity index (χ3v) is 5.44. The first-order valence-corrected chi connectivity index (χ1v) is 7.96. The molecule has 0 radical (unpaired) electrons. The van der Waals surface area contributed by atoms with Gasteiger partial charge in [-0.15, -0.1) is 0 Å². The van der Waals surface area contributed by atoms with Gasteiger partial charge < -0.3 is 4.74 Å². The molecule has 0 N–H and O–H groups in total. The zero-order chi connectivity index (χ0) is 14.0. The third-order valence-electron chi connectivity index (χ3n) is 2.94. The Kier molecular flexibility index (Phi) is 4.26. The van der Waals surface area contributed by atoms with Gasteiger partial charge in [0.25, 0.3) is 0 Å². The van der Waals surface area contributed by atoms with Gasteiger partial charge in [-0.05, 0) is 24.6 Å². The van der Waals surface area contributed by atoms with Crippen molar-refractivity contribution in [3.05, 3.63) is 28.2 Å². The molecule has 1 heterocycles. The summed E-state index contributed by atoms with van der Waals surface area (Å²) >= 11 is 3.28. The van der Waals surface area contributed by atoms with Gasteiger partial charge in [-0.2, -0.15) is 9.57 Å². The number of ether oxygens (including phenoxy) is 1. The van der Waals surface area contributed by atoms with Crippen LogP contribution in [0.5, 0.6) is 0 Å². The first kappa shape index (κ1) is 14.5. The summed E-state index contributed by atoms with van der Waals surface area (Å²) in [5.41, 5.74) is 0.684. The van der Waals surface area contributed by atoms with Gasteiger partial charge in [0, 0.05) is 11.0 Å². The fourth-order valence-electron chi connectivity index (χ4n) is 1.91. The van der Waals surface area contributed by atoms with Crippen molar-refractivity contribution in [3.8, 4) is 6.07 Å². The molecule has 19 heavy (non-hydrogen) atoms. The maximum Gasteiger partial charge on any atom is 0.243 e. The molecule has 102 valence electrons. The minimum Gasteiger partial charge on any atom is -0.361 e. The monoisotopic (exact) mass is 344 g/mol. The van der Waals surface area contributed by atoms with Crippen molar-refractivity contribution in [2.24, 2.45) is 0 Å². The smallest absolute Gasteiger partial charge is 0.243 e. The number of hydrogen-bond acceptors (Lipinski definition) is 4. The van der Waals surface area contributed by atoms with Crippen LogP contribution in [0.15, 0.2) is 27.6 Å². The number of halogens is 1. The Labute approximate surface area is 121 Å². The molecule has 7 heteroatoms. The highest BCUT2D eigenvalue weighted by atomic mass is 79.9. The minimum absolute atomic E-state index is 0.0742. The van der Waals surface area contributed by atoms with Crippen LogP contribution in [0, 0.1) is 18.3 Å². The Morgan fingerprint density at radius 3 is 2.95 bits per heavy atom. The number of sulfonamides is 1. The Balaban J connectivity index is 2.37. The summed E-state index contributed by atoms with van der Waals surface area (Å²) in [7, 11) is -3.59. The maximum absolute atomic E-state index is 12.6. The average molecular weight is 345 g/mol. The molecule has 0 aromatic heterocycles. The molecule has 0 saturated carbocycles. The number of nitrogens with zero attached hydrogens (tertiary/aromatic N) is 2. The predicted octanol–water partition coefficient (Wildman–Crippen LogP) is 1.67. The van der Waals surface area contributed by atoms with Crippen molar-refractivity contribution < 1.29 is 13.2 Å². The van der Waals surface area contributed by atoms with E-state index in [2.05, 4.69) is 15.9 Å². The molecule has 1 aliphatic rings. The predicted molar refractivity (Wildman–Crippen MR) is 73.0 cm³/mol. The summed E-state index contributed by atoms with van der Waals surface area (Å²) in [4.78, 5) is 0.264. The Bertz CT molecular complexity index is 624. The number of aryl methyl sites for hydroxylation is 1. The second-order valence-electron chi connectivity index (χ2n) is 4.26. The number of hydrogen-bond donors (Lipinski definition) is 0. The lowest BCUT2D eigenvalue weighted by atomic mass is 10.2. The number of benzene rings is 1. The summed E-state index contributed by atoms with van der Waals surface area (Å²) in [6, 6.07) is 7.08. The van der Waals surface area contributed by atoms with Crippen LogP contribution in [0.2, 0.25) is 0 Å². The van der Waals surface area contributed by atoms with Gasteiger partial charge in [-0.25, -0.2) is 8.42 Å². The van der Waals surface area contributed by atoms with E-state index in [1.54, 1.807) is 25.1 Å². The zero-order valence-electron chi connectivity index (χ0n) is 10.3. The van der Waals surface area contributed by atoms with Crippen molar-refractivity contribution >= 4 is 26.0 Å². The second-order valence-corrected chi connectivity index (χ2v) is 7.08. The highest BCUT2D eigenvalue weighted by molar-refractivity contribution is 9.10.